The summed E-state index contributed by atoms with van der Waals surface area (Å²) in [4.78, 5) is 15.1. The average molecular weight is 357 g/mol. The van der Waals surface area contributed by atoms with Crippen LogP contribution in [-0.2, 0) is 5.41 Å². The molecule has 0 amide bonds. The summed E-state index contributed by atoms with van der Waals surface area (Å²) in [6.45, 7) is 8.43. The number of anilines is 1. The fourth-order valence-corrected chi connectivity index (χ4v) is 3.89. The first-order valence-electron chi connectivity index (χ1n) is 9.02. The molecule has 136 valence electrons. The van der Waals surface area contributed by atoms with Crippen molar-refractivity contribution in [2.75, 3.05) is 11.9 Å². The number of H-pyrrole nitrogens is 1. The van der Waals surface area contributed by atoms with Crippen molar-refractivity contribution < 1.29 is 0 Å². The van der Waals surface area contributed by atoms with Gasteiger partial charge in [-0.05, 0) is 35.9 Å². The van der Waals surface area contributed by atoms with Crippen molar-refractivity contribution in [3.63, 3.8) is 0 Å². The van der Waals surface area contributed by atoms with Crippen molar-refractivity contribution in [1.82, 2.24) is 9.78 Å². The van der Waals surface area contributed by atoms with E-state index in [0.29, 0.717) is 10.6 Å². The molecule has 3 aromatic rings. The number of hydrogen-bond acceptors (Lipinski definition) is 2. The van der Waals surface area contributed by atoms with E-state index in [2.05, 4.69) is 61.7 Å². The highest BCUT2D eigenvalue weighted by Gasteiger charge is 2.37. The highest BCUT2D eigenvalue weighted by molar-refractivity contribution is 5.71. The van der Waals surface area contributed by atoms with Crippen LogP contribution >= 0.6 is 0 Å². The Morgan fingerprint density at radius 1 is 1.00 bits per heavy atom. The first-order valence-corrected chi connectivity index (χ1v) is 9.02. The van der Waals surface area contributed by atoms with Crippen LogP contribution in [0.4, 0.5) is 5.69 Å². The van der Waals surface area contributed by atoms with Gasteiger partial charge in [-0.3, -0.25) is 9.89 Å². The van der Waals surface area contributed by atoms with Gasteiger partial charge in [0.05, 0.1) is 16.3 Å². The van der Waals surface area contributed by atoms with Crippen LogP contribution in [0.25, 0.3) is 18.3 Å². The van der Waals surface area contributed by atoms with Gasteiger partial charge in [0.15, 0.2) is 0 Å². The van der Waals surface area contributed by atoms with Crippen molar-refractivity contribution in [1.29, 1.82) is 0 Å². The van der Waals surface area contributed by atoms with Crippen molar-refractivity contribution in [3.05, 3.63) is 92.9 Å². The number of likely N-dealkylation sites (N-methyl/N-ethyl adjacent to an activating group) is 1. The second kappa shape index (κ2) is 6.16. The molecular weight excluding hydrogens is 334 g/mol. The first kappa shape index (κ1) is 17.2. The van der Waals surface area contributed by atoms with Gasteiger partial charge in [0, 0.05) is 23.8 Å². The van der Waals surface area contributed by atoms with Crippen molar-refractivity contribution in [2.24, 2.45) is 0 Å². The van der Waals surface area contributed by atoms with Gasteiger partial charge < -0.3 is 4.90 Å². The lowest BCUT2D eigenvalue weighted by molar-refractivity contribution is 0.641. The molecule has 0 unspecified atom stereocenters. The summed E-state index contributed by atoms with van der Waals surface area (Å²) in [6, 6.07) is 17.9. The summed E-state index contributed by atoms with van der Waals surface area (Å²) < 4.78 is 1.53. The summed E-state index contributed by atoms with van der Waals surface area (Å²) in [7, 11) is 2.07. The van der Waals surface area contributed by atoms with Crippen molar-refractivity contribution in [2.45, 2.75) is 19.3 Å². The van der Waals surface area contributed by atoms with Crippen molar-refractivity contribution in [3.8, 4) is 5.69 Å². The normalized spacial score (nSPS) is 17.5. The average Bonchev–Trinajstić information content (AvgIpc) is 3.06. The Balaban J connectivity index is 1.84. The summed E-state index contributed by atoms with van der Waals surface area (Å²) in [5.74, 6) is 0. The summed E-state index contributed by atoms with van der Waals surface area (Å²) in [5.41, 5.74) is 4.21. The Morgan fingerprint density at radius 2 is 1.67 bits per heavy atom. The standard InChI is InChI=1S/C23H23N3O/c1-16-18(22(27)26(24-16)17-10-6-5-7-11-17)14-15-21-23(2,3)19-12-8-9-13-20(19)25(21)4/h5-15,24H,1H2,2-4H3/b18-14?,21-15+. The molecule has 0 fully saturated rings. The van der Waals surface area contributed by atoms with Gasteiger partial charge in [0.2, 0.25) is 0 Å². The van der Waals surface area contributed by atoms with Gasteiger partial charge in [-0.1, -0.05) is 56.8 Å². The van der Waals surface area contributed by atoms with Gasteiger partial charge in [0.1, 0.15) is 0 Å². The van der Waals surface area contributed by atoms with E-state index in [4.69, 9.17) is 0 Å². The minimum atomic E-state index is -0.127. The second-order valence-electron chi connectivity index (χ2n) is 7.40. The number of aromatic nitrogens is 2. The Bertz CT molecular complexity index is 1200. The van der Waals surface area contributed by atoms with Gasteiger partial charge in [-0.25, -0.2) is 4.68 Å². The smallest absolute Gasteiger partial charge is 0.279 e. The van der Waals surface area contributed by atoms with Gasteiger partial charge >= 0.3 is 0 Å². The maximum atomic E-state index is 12.9. The highest BCUT2D eigenvalue weighted by Crippen LogP contribution is 2.46. The zero-order valence-corrected chi connectivity index (χ0v) is 15.9. The maximum Gasteiger partial charge on any atom is 0.279 e. The van der Waals surface area contributed by atoms with E-state index in [0.717, 1.165) is 11.4 Å². The van der Waals surface area contributed by atoms with E-state index in [1.807, 2.05) is 42.5 Å². The quantitative estimate of drug-likeness (QED) is 0.766. The molecule has 0 saturated heterocycles. The fraction of sp³-hybridized carbons (Fsp3) is 0.174. The Kier molecular flexibility index (Phi) is 3.92. The van der Waals surface area contributed by atoms with Crippen LogP contribution in [-0.4, -0.2) is 16.8 Å². The van der Waals surface area contributed by atoms with Crippen LogP contribution in [0.1, 0.15) is 19.4 Å². The molecule has 1 N–H and O–H groups in total. The zero-order valence-electron chi connectivity index (χ0n) is 15.9. The molecule has 4 nitrogen and oxygen atoms in total. The molecule has 4 heteroatoms. The van der Waals surface area contributed by atoms with Crippen LogP contribution in [0.3, 0.4) is 0 Å². The molecule has 4 rings (SSSR count). The molecule has 0 aliphatic carbocycles. The van der Waals surface area contributed by atoms with E-state index < -0.39 is 0 Å². The monoisotopic (exact) mass is 357 g/mol. The number of rotatable bonds is 2. The van der Waals surface area contributed by atoms with Crippen LogP contribution in [0.15, 0.2) is 71.2 Å². The van der Waals surface area contributed by atoms with E-state index >= 15 is 0 Å². The number of benzene rings is 2. The Morgan fingerprint density at radius 3 is 2.37 bits per heavy atom. The van der Waals surface area contributed by atoms with Crippen LogP contribution in [0.2, 0.25) is 0 Å². The van der Waals surface area contributed by atoms with Crippen LogP contribution in [0, 0.1) is 0 Å². The van der Waals surface area contributed by atoms with Crippen molar-refractivity contribution >= 4 is 18.3 Å². The molecule has 2 heterocycles. The van der Waals surface area contributed by atoms with Crippen LogP contribution in [0.5, 0.6) is 0 Å². The summed E-state index contributed by atoms with van der Waals surface area (Å²) in [6.07, 6.45) is 3.91. The lowest BCUT2D eigenvalue weighted by Gasteiger charge is -2.23. The fourth-order valence-electron chi connectivity index (χ4n) is 3.89. The molecule has 0 atom stereocenters. The third kappa shape index (κ3) is 2.65. The minimum absolute atomic E-state index is 0.0981. The van der Waals surface area contributed by atoms with Gasteiger partial charge in [0.25, 0.3) is 5.56 Å². The summed E-state index contributed by atoms with van der Waals surface area (Å²) >= 11 is 0. The number of para-hydroxylation sites is 2. The SMILES string of the molecule is C=c1[nH]n(-c2ccccc2)c(=O)c1=C/C=C1/N(C)c2ccccc2C1(C)C. The van der Waals surface area contributed by atoms with E-state index in [1.165, 1.54) is 15.9 Å². The number of hydrogen-bond donors (Lipinski definition) is 1. The molecular formula is C23H23N3O. The van der Waals surface area contributed by atoms with E-state index in [9.17, 15) is 4.79 Å². The van der Waals surface area contributed by atoms with Gasteiger partial charge in [-0.2, -0.15) is 0 Å². The second-order valence-corrected chi connectivity index (χ2v) is 7.40. The zero-order chi connectivity index (χ0) is 19.2. The largest absolute Gasteiger partial charge is 0.347 e. The minimum Gasteiger partial charge on any atom is -0.347 e. The predicted molar refractivity (Wildman–Crippen MR) is 112 cm³/mol. The summed E-state index contributed by atoms with van der Waals surface area (Å²) in [5, 5.41) is 4.26. The lowest BCUT2D eigenvalue weighted by atomic mass is 9.84. The predicted octanol–water partition coefficient (Wildman–Crippen LogP) is 2.67. The maximum absolute atomic E-state index is 12.9. The Hall–Kier alpha value is -3.27. The molecule has 0 saturated carbocycles. The molecule has 1 aromatic heterocycles. The molecule has 0 radical (unpaired) electrons. The topological polar surface area (TPSA) is 41.0 Å². The van der Waals surface area contributed by atoms with E-state index in [-0.39, 0.29) is 11.0 Å². The third-order valence-corrected chi connectivity index (χ3v) is 5.37. The highest BCUT2D eigenvalue weighted by atomic mass is 16.1. The third-order valence-electron chi connectivity index (χ3n) is 5.37. The molecule has 0 bridgehead atoms. The molecule has 1 aliphatic rings. The number of aromatic amines is 1. The van der Waals surface area contributed by atoms with Crippen LogP contribution < -0.4 is 21.0 Å². The number of nitrogens with zero attached hydrogens (tertiary/aromatic N) is 2. The number of fused-ring (bicyclic) bond motifs is 1. The Labute approximate surface area is 158 Å². The lowest BCUT2D eigenvalue weighted by Crippen LogP contribution is -2.34. The number of nitrogens with one attached hydrogen (secondary N) is 1. The number of allylic oxidation sites excluding steroid dienone is 2. The first-order chi connectivity index (χ1) is 12.9. The van der Waals surface area contributed by atoms with Gasteiger partial charge in [-0.15, -0.1) is 0 Å². The molecule has 27 heavy (non-hydrogen) atoms. The van der Waals surface area contributed by atoms with E-state index in [1.54, 1.807) is 0 Å². The molecule has 2 aromatic carbocycles. The molecule has 1 aliphatic heterocycles. The molecule has 0 spiro atoms.